The lowest BCUT2D eigenvalue weighted by molar-refractivity contribution is -0.123. The maximum absolute atomic E-state index is 14.6. The van der Waals surface area contributed by atoms with Gasteiger partial charge in [-0.25, -0.2) is 9.07 Å². The second-order valence-electron chi connectivity index (χ2n) is 10.4. The smallest absolute Gasteiger partial charge is 0.240 e. The van der Waals surface area contributed by atoms with Gasteiger partial charge in [0.05, 0.1) is 22.4 Å². The molecule has 2 amide bonds. The zero-order chi connectivity index (χ0) is 29.9. The summed E-state index contributed by atoms with van der Waals surface area (Å²) < 4.78 is 16.4. The summed E-state index contributed by atoms with van der Waals surface area (Å²) in [5.41, 5.74) is 6.74. The van der Waals surface area contributed by atoms with E-state index >= 15 is 0 Å². The molecule has 2 aromatic heterocycles. The summed E-state index contributed by atoms with van der Waals surface area (Å²) in [6.45, 7) is 4.13. The predicted octanol–water partition coefficient (Wildman–Crippen LogP) is 6.18. The van der Waals surface area contributed by atoms with Crippen molar-refractivity contribution in [2.75, 3.05) is 17.2 Å². The van der Waals surface area contributed by atoms with Crippen molar-refractivity contribution in [2.45, 2.75) is 25.6 Å². The predicted molar refractivity (Wildman–Crippen MR) is 168 cm³/mol. The lowest BCUT2D eigenvalue weighted by Crippen LogP contribution is -2.42. The van der Waals surface area contributed by atoms with Gasteiger partial charge in [-0.3, -0.25) is 19.5 Å². The molecule has 216 valence electrons. The van der Waals surface area contributed by atoms with E-state index in [4.69, 9.17) is 5.10 Å². The lowest BCUT2D eigenvalue weighted by atomic mass is 9.99. The van der Waals surface area contributed by atoms with E-state index in [0.717, 1.165) is 39.1 Å². The molecule has 0 saturated heterocycles. The van der Waals surface area contributed by atoms with Crippen molar-refractivity contribution >= 4 is 29.4 Å². The van der Waals surface area contributed by atoms with Crippen molar-refractivity contribution in [3.63, 3.8) is 0 Å². The number of benzene rings is 3. The Labute approximate surface area is 253 Å². The molecule has 7 nitrogen and oxygen atoms in total. The Balaban J connectivity index is 1.55. The van der Waals surface area contributed by atoms with E-state index in [1.165, 1.54) is 28.8 Å². The second kappa shape index (κ2) is 12.2. The molecule has 3 heterocycles. The number of nitrogens with zero attached hydrogens (tertiary/aromatic N) is 4. The number of amides is 2. The summed E-state index contributed by atoms with van der Waals surface area (Å²) in [6.07, 6.45) is 3.37. The second-order valence-corrected chi connectivity index (χ2v) is 11.5. The topological polar surface area (TPSA) is 80.1 Å². The van der Waals surface area contributed by atoms with Crippen LogP contribution in [-0.4, -0.2) is 38.9 Å². The zero-order valence-corrected chi connectivity index (χ0v) is 24.6. The quantitative estimate of drug-likeness (QED) is 0.245. The van der Waals surface area contributed by atoms with E-state index in [0.29, 0.717) is 11.5 Å². The van der Waals surface area contributed by atoms with Crippen molar-refractivity contribution < 1.29 is 14.0 Å². The van der Waals surface area contributed by atoms with Crippen molar-refractivity contribution in [1.29, 1.82) is 0 Å². The Morgan fingerprint density at radius 3 is 2.60 bits per heavy atom. The molecular weight excluding hydrogens is 561 g/mol. The van der Waals surface area contributed by atoms with Gasteiger partial charge in [-0.1, -0.05) is 60.7 Å². The first-order valence-corrected chi connectivity index (χ1v) is 15.0. The van der Waals surface area contributed by atoms with Gasteiger partial charge in [0, 0.05) is 30.1 Å². The first-order valence-electron chi connectivity index (χ1n) is 14.0. The van der Waals surface area contributed by atoms with Crippen molar-refractivity contribution in [1.82, 2.24) is 20.1 Å². The van der Waals surface area contributed by atoms with E-state index in [2.05, 4.69) is 10.3 Å². The fourth-order valence-corrected chi connectivity index (χ4v) is 6.48. The van der Waals surface area contributed by atoms with Crippen LogP contribution in [0.1, 0.15) is 33.1 Å². The first kappa shape index (κ1) is 28.4. The van der Waals surface area contributed by atoms with E-state index in [9.17, 15) is 14.0 Å². The third kappa shape index (κ3) is 5.81. The molecule has 0 spiro atoms. The van der Waals surface area contributed by atoms with Crippen LogP contribution < -0.4 is 10.2 Å². The van der Waals surface area contributed by atoms with Crippen LogP contribution in [0, 0.1) is 19.7 Å². The van der Waals surface area contributed by atoms with Crippen molar-refractivity contribution in [3.8, 4) is 16.9 Å². The van der Waals surface area contributed by atoms with Gasteiger partial charge >= 0.3 is 0 Å². The Hall–Kier alpha value is -4.76. The maximum atomic E-state index is 14.6. The summed E-state index contributed by atoms with van der Waals surface area (Å²) >= 11 is 1.41. The summed E-state index contributed by atoms with van der Waals surface area (Å²) in [4.78, 5) is 32.9. The minimum atomic E-state index is -0.410. The Bertz CT molecular complexity index is 1790. The lowest BCUT2D eigenvalue weighted by Gasteiger charge is -2.24. The van der Waals surface area contributed by atoms with Crippen molar-refractivity contribution in [2.24, 2.45) is 0 Å². The molecule has 43 heavy (non-hydrogen) atoms. The minimum absolute atomic E-state index is 0.104. The Morgan fingerprint density at radius 1 is 1.02 bits per heavy atom. The largest absolute Gasteiger partial charge is 0.350 e. The summed E-state index contributed by atoms with van der Waals surface area (Å²) in [5, 5.41) is 7.65. The molecule has 1 atom stereocenters. The monoisotopic (exact) mass is 591 g/mol. The molecule has 1 N–H and O–H groups in total. The maximum Gasteiger partial charge on any atom is 0.240 e. The molecule has 1 unspecified atom stereocenters. The molecule has 0 bridgehead atoms. The number of nitrogens with one attached hydrogen (secondary N) is 1. The summed E-state index contributed by atoms with van der Waals surface area (Å²) in [5.74, 6) is -0.286. The third-order valence-corrected chi connectivity index (χ3v) is 8.86. The zero-order valence-electron chi connectivity index (χ0n) is 23.8. The molecule has 5 aromatic rings. The SMILES string of the molecule is Cc1cccc(-n2nc(-c3ccccc3)c3c2N(CC(=O)NCc2cccnc2)C(=O)CSC3c2cccc(F)c2)c1C. The molecule has 1 aliphatic heterocycles. The van der Waals surface area contributed by atoms with Gasteiger partial charge in [0.15, 0.2) is 0 Å². The van der Waals surface area contributed by atoms with Crippen LogP contribution in [0.25, 0.3) is 16.9 Å². The molecule has 1 aliphatic rings. The number of hydrogen-bond donors (Lipinski definition) is 1. The number of pyridine rings is 1. The van der Waals surface area contributed by atoms with Gasteiger partial charge in [0.2, 0.25) is 11.8 Å². The number of thioether (sulfide) groups is 1. The standard InChI is InChI=1S/C34H30FN5O2S/c1-22-9-6-15-28(23(22)2)40-34-31(32(38-40)25-11-4-3-5-12-25)33(26-13-7-14-27(35)17-26)43-21-30(42)39(34)20-29(41)37-19-24-10-8-16-36-18-24/h3-18,33H,19-21H2,1-2H3,(H,37,41). The van der Waals surface area contributed by atoms with Gasteiger partial charge in [-0.15, -0.1) is 11.8 Å². The number of anilines is 1. The average Bonchev–Trinajstić information content (AvgIpc) is 3.34. The number of fused-ring (bicyclic) bond motifs is 1. The molecule has 9 heteroatoms. The van der Waals surface area contributed by atoms with Crippen LogP contribution in [0.3, 0.4) is 0 Å². The molecule has 0 saturated carbocycles. The highest BCUT2D eigenvalue weighted by molar-refractivity contribution is 8.00. The number of hydrogen-bond acceptors (Lipinski definition) is 5. The number of carbonyl (C=O) groups excluding carboxylic acids is 2. The molecular formula is C34H30FN5O2S. The summed E-state index contributed by atoms with van der Waals surface area (Å²) in [7, 11) is 0. The molecule has 6 rings (SSSR count). The number of aryl methyl sites for hydroxylation is 1. The number of halogens is 1. The van der Waals surface area contributed by atoms with E-state index in [1.807, 2.05) is 80.6 Å². The van der Waals surface area contributed by atoms with Crippen LogP contribution >= 0.6 is 11.8 Å². The van der Waals surface area contributed by atoms with Crippen LogP contribution in [0.2, 0.25) is 0 Å². The first-order chi connectivity index (χ1) is 20.9. The number of carbonyl (C=O) groups is 2. The summed E-state index contributed by atoms with van der Waals surface area (Å²) in [6, 6.07) is 25.9. The van der Waals surface area contributed by atoms with E-state index in [1.54, 1.807) is 23.1 Å². The number of aromatic nitrogens is 3. The van der Waals surface area contributed by atoms with Gasteiger partial charge in [0.1, 0.15) is 18.2 Å². The highest BCUT2D eigenvalue weighted by Gasteiger charge is 2.38. The van der Waals surface area contributed by atoms with Gasteiger partial charge < -0.3 is 5.32 Å². The fraction of sp³-hybridized carbons (Fsp3) is 0.176. The minimum Gasteiger partial charge on any atom is -0.350 e. The van der Waals surface area contributed by atoms with Gasteiger partial charge in [-0.2, -0.15) is 5.10 Å². The highest BCUT2D eigenvalue weighted by Crippen LogP contribution is 2.48. The van der Waals surface area contributed by atoms with Crippen LogP contribution in [-0.2, 0) is 16.1 Å². The Kier molecular flexibility index (Phi) is 8.07. The van der Waals surface area contributed by atoms with Crippen LogP contribution in [0.5, 0.6) is 0 Å². The molecule has 3 aromatic carbocycles. The van der Waals surface area contributed by atoms with E-state index in [-0.39, 0.29) is 36.5 Å². The fourth-order valence-electron chi connectivity index (χ4n) is 5.30. The molecule has 0 radical (unpaired) electrons. The molecule has 0 fully saturated rings. The normalized spacial score (nSPS) is 14.7. The third-order valence-electron chi connectivity index (χ3n) is 7.61. The van der Waals surface area contributed by atoms with Crippen LogP contribution in [0.15, 0.2) is 97.3 Å². The van der Waals surface area contributed by atoms with Gasteiger partial charge in [0.25, 0.3) is 0 Å². The van der Waals surface area contributed by atoms with E-state index < -0.39 is 5.25 Å². The Morgan fingerprint density at radius 2 is 1.84 bits per heavy atom. The van der Waals surface area contributed by atoms with Crippen molar-refractivity contribution in [3.05, 3.63) is 131 Å². The van der Waals surface area contributed by atoms with Gasteiger partial charge in [-0.05, 0) is 60.4 Å². The highest BCUT2D eigenvalue weighted by atomic mass is 32.2. The number of rotatable bonds is 7. The average molecular weight is 592 g/mol. The molecule has 0 aliphatic carbocycles. The van der Waals surface area contributed by atoms with Crippen LogP contribution in [0.4, 0.5) is 10.2 Å².